The van der Waals surface area contributed by atoms with Crippen molar-refractivity contribution >= 4 is 5.97 Å². The lowest BCUT2D eigenvalue weighted by Gasteiger charge is -2.27. The van der Waals surface area contributed by atoms with E-state index in [1.54, 1.807) is 6.92 Å². The van der Waals surface area contributed by atoms with Crippen LogP contribution >= 0.6 is 0 Å². The van der Waals surface area contributed by atoms with Crippen molar-refractivity contribution in [3.05, 3.63) is 32.6 Å². The van der Waals surface area contributed by atoms with Gasteiger partial charge in [0.2, 0.25) is 0 Å². The van der Waals surface area contributed by atoms with Gasteiger partial charge in [-0.25, -0.2) is 4.79 Å². The average Bonchev–Trinajstić information content (AvgIpc) is 2.50. The average molecular weight is 311 g/mol. The van der Waals surface area contributed by atoms with Gasteiger partial charge in [0.1, 0.15) is 6.04 Å². The summed E-state index contributed by atoms with van der Waals surface area (Å²) in [6.07, 6.45) is 3.39. The fourth-order valence-corrected chi connectivity index (χ4v) is 2.49. The number of ether oxygens (including phenoxy) is 1. The predicted octanol–water partition coefficient (Wildman–Crippen LogP) is -0.679. The predicted molar refractivity (Wildman–Crippen MR) is 79.1 cm³/mol. The van der Waals surface area contributed by atoms with Crippen LogP contribution in [0.15, 0.2) is 15.8 Å². The number of H-pyrrole nitrogens is 1. The summed E-state index contributed by atoms with van der Waals surface area (Å²) in [5.41, 5.74) is -0.565. The lowest BCUT2D eigenvalue weighted by molar-refractivity contribution is -0.140. The summed E-state index contributed by atoms with van der Waals surface area (Å²) in [5, 5.41) is 12.4. The molecule has 0 aromatic carbocycles. The number of aliphatic carboxylic acids is 1. The van der Waals surface area contributed by atoms with Crippen LogP contribution in [0.1, 0.15) is 25.3 Å². The number of aryl methyl sites for hydroxylation is 1. The number of nitrogens with zero attached hydrogens (tertiary/aromatic N) is 1. The maximum atomic E-state index is 11.8. The first-order valence-corrected chi connectivity index (χ1v) is 7.40. The summed E-state index contributed by atoms with van der Waals surface area (Å²) in [6.45, 7) is 2.97. The molecule has 22 heavy (non-hydrogen) atoms. The molecule has 1 saturated heterocycles. The summed E-state index contributed by atoms with van der Waals surface area (Å²) in [6, 6.07) is -0.838. The summed E-state index contributed by atoms with van der Waals surface area (Å²) < 4.78 is 6.48. The second-order valence-electron chi connectivity index (χ2n) is 5.36. The SMILES string of the molecule is CCc1cn(C[C@H](NC2CCOCC2)C(=O)O)c(=O)[nH]c1=O. The van der Waals surface area contributed by atoms with E-state index in [2.05, 4.69) is 10.3 Å². The van der Waals surface area contributed by atoms with Gasteiger partial charge in [0.05, 0.1) is 6.54 Å². The van der Waals surface area contributed by atoms with Crippen molar-refractivity contribution in [3.8, 4) is 0 Å². The zero-order chi connectivity index (χ0) is 16.1. The molecule has 0 bridgehead atoms. The molecule has 1 fully saturated rings. The van der Waals surface area contributed by atoms with Crippen LogP contribution in [-0.4, -0.2) is 45.9 Å². The Morgan fingerprint density at radius 2 is 2.18 bits per heavy atom. The van der Waals surface area contributed by atoms with Gasteiger partial charge in [0, 0.05) is 31.0 Å². The van der Waals surface area contributed by atoms with Crippen LogP contribution in [-0.2, 0) is 22.5 Å². The van der Waals surface area contributed by atoms with E-state index in [9.17, 15) is 19.5 Å². The van der Waals surface area contributed by atoms with E-state index in [1.165, 1.54) is 10.8 Å². The second-order valence-corrected chi connectivity index (χ2v) is 5.36. The molecule has 1 aliphatic rings. The molecule has 1 atom stereocenters. The highest BCUT2D eigenvalue weighted by molar-refractivity contribution is 5.73. The first-order valence-electron chi connectivity index (χ1n) is 7.40. The highest BCUT2D eigenvalue weighted by Crippen LogP contribution is 2.08. The zero-order valence-electron chi connectivity index (χ0n) is 12.5. The Hall–Kier alpha value is -1.93. The molecule has 0 spiro atoms. The molecule has 0 unspecified atom stereocenters. The highest BCUT2D eigenvalue weighted by atomic mass is 16.5. The van der Waals surface area contributed by atoms with E-state index in [4.69, 9.17) is 4.74 Å². The largest absolute Gasteiger partial charge is 0.480 e. The number of aromatic amines is 1. The Kier molecular flexibility index (Phi) is 5.51. The van der Waals surface area contributed by atoms with Crippen molar-refractivity contribution in [2.24, 2.45) is 0 Å². The van der Waals surface area contributed by atoms with Crippen LogP contribution in [0.2, 0.25) is 0 Å². The van der Waals surface area contributed by atoms with Gasteiger partial charge in [-0.1, -0.05) is 6.92 Å². The first kappa shape index (κ1) is 16.4. The van der Waals surface area contributed by atoms with E-state index in [0.29, 0.717) is 25.2 Å². The quantitative estimate of drug-likeness (QED) is 0.641. The molecule has 8 heteroatoms. The van der Waals surface area contributed by atoms with Gasteiger partial charge >= 0.3 is 11.7 Å². The van der Waals surface area contributed by atoms with Crippen molar-refractivity contribution in [1.29, 1.82) is 0 Å². The second kappa shape index (κ2) is 7.37. The molecule has 1 aromatic rings. The Morgan fingerprint density at radius 3 is 2.77 bits per heavy atom. The van der Waals surface area contributed by atoms with Crippen molar-refractivity contribution < 1.29 is 14.6 Å². The lowest BCUT2D eigenvalue weighted by Crippen LogP contribution is -2.49. The summed E-state index contributed by atoms with van der Waals surface area (Å²) in [7, 11) is 0. The van der Waals surface area contributed by atoms with Crippen LogP contribution in [0.4, 0.5) is 0 Å². The Balaban J connectivity index is 2.15. The van der Waals surface area contributed by atoms with Crippen LogP contribution in [0.3, 0.4) is 0 Å². The number of carboxylic acids is 1. The van der Waals surface area contributed by atoms with E-state index in [-0.39, 0.29) is 12.6 Å². The zero-order valence-corrected chi connectivity index (χ0v) is 12.5. The molecule has 3 N–H and O–H groups in total. The van der Waals surface area contributed by atoms with Gasteiger partial charge in [-0.05, 0) is 19.3 Å². The Labute approximate surface area is 127 Å². The lowest BCUT2D eigenvalue weighted by atomic mass is 10.1. The smallest absolute Gasteiger partial charge is 0.328 e. The molecule has 0 amide bonds. The van der Waals surface area contributed by atoms with Crippen LogP contribution in [0.5, 0.6) is 0 Å². The van der Waals surface area contributed by atoms with Gasteiger partial charge in [0.15, 0.2) is 0 Å². The summed E-state index contributed by atoms with van der Waals surface area (Å²) in [5.74, 6) is -1.03. The number of carboxylic acid groups (broad SMARTS) is 1. The minimum atomic E-state index is -1.03. The van der Waals surface area contributed by atoms with E-state index in [0.717, 1.165) is 12.8 Å². The molecule has 0 aliphatic carbocycles. The molecule has 1 aliphatic heterocycles. The molecule has 2 heterocycles. The fraction of sp³-hybridized carbons (Fsp3) is 0.643. The topological polar surface area (TPSA) is 113 Å². The van der Waals surface area contributed by atoms with Crippen LogP contribution in [0.25, 0.3) is 0 Å². The normalized spacial score (nSPS) is 17.3. The molecule has 8 nitrogen and oxygen atoms in total. The molecule has 2 rings (SSSR count). The molecular formula is C14H21N3O5. The van der Waals surface area contributed by atoms with Gasteiger partial charge in [-0.3, -0.25) is 24.5 Å². The molecule has 1 aromatic heterocycles. The van der Waals surface area contributed by atoms with Crippen molar-refractivity contribution in [2.75, 3.05) is 13.2 Å². The summed E-state index contributed by atoms with van der Waals surface area (Å²) >= 11 is 0. The first-order chi connectivity index (χ1) is 10.5. The molecule has 0 radical (unpaired) electrons. The third-order valence-electron chi connectivity index (χ3n) is 3.80. The Bertz CT molecular complexity index is 630. The number of carbonyl (C=O) groups is 1. The summed E-state index contributed by atoms with van der Waals surface area (Å²) in [4.78, 5) is 37.0. The Morgan fingerprint density at radius 1 is 1.50 bits per heavy atom. The van der Waals surface area contributed by atoms with Gasteiger partial charge in [-0.2, -0.15) is 0 Å². The maximum Gasteiger partial charge on any atom is 0.328 e. The molecular weight excluding hydrogens is 290 g/mol. The molecule has 0 saturated carbocycles. The van der Waals surface area contributed by atoms with Crippen LogP contribution in [0, 0.1) is 0 Å². The minimum absolute atomic E-state index is 0.0324. The van der Waals surface area contributed by atoms with Gasteiger partial charge in [0.25, 0.3) is 5.56 Å². The third-order valence-corrected chi connectivity index (χ3v) is 3.80. The number of hydrogen-bond acceptors (Lipinski definition) is 5. The minimum Gasteiger partial charge on any atom is -0.480 e. The standard InChI is InChI=1S/C14H21N3O5/c1-2-9-7-17(14(21)16-12(9)18)8-11(13(19)20)15-10-3-5-22-6-4-10/h7,10-11,15H,2-6,8H2,1H3,(H,19,20)(H,16,18,21)/t11-/m0/s1. The van der Waals surface area contributed by atoms with E-state index in [1.807, 2.05) is 0 Å². The van der Waals surface area contributed by atoms with E-state index < -0.39 is 23.3 Å². The maximum absolute atomic E-state index is 11.8. The van der Waals surface area contributed by atoms with Gasteiger partial charge < -0.3 is 9.84 Å². The van der Waals surface area contributed by atoms with Crippen molar-refractivity contribution in [2.45, 2.75) is 44.8 Å². The third kappa shape index (κ3) is 4.05. The number of hydrogen-bond donors (Lipinski definition) is 3. The highest BCUT2D eigenvalue weighted by Gasteiger charge is 2.24. The van der Waals surface area contributed by atoms with Gasteiger partial charge in [-0.15, -0.1) is 0 Å². The monoisotopic (exact) mass is 311 g/mol. The number of aromatic nitrogens is 2. The number of rotatable bonds is 6. The van der Waals surface area contributed by atoms with Crippen molar-refractivity contribution in [3.63, 3.8) is 0 Å². The van der Waals surface area contributed by atoms with Crippen LogP contribution < -0.4 is 16.6 Å². The number of nitrogens with one attached hydrogen (secondary N) is 2. The van der Waals surface area contributed by atoms with E-state index >= 15 is 0 Å². The van der Waals surface area contributed by atoms with Crippen molar-refractivity contribution in [1.82, 2.24) is 14.9 Å². The molecule has 122 valence electrons. The fourth-order valence-electron chi connectivity index (χ4n) is 2.49.